The van der Waals surface area contributed by atoms with Crippen LogP contribution in [-0.2, 0) is 16.0 Å². The first-order chi connectivity index (χ1) is 14.1. The monoisotopic (exact) mass is 408 g/mol. The SMILES string of the molecule is CC(C)=CCC1(C)C/C=C(\C)COc2cccc3c2C(=O)[C@](C=O)(C3)C(=O)CC1C. The van der Waals surface area contributed by atoms with Crippen LogP contribution in [-0.4, -0.2) is 24.5 Å². The van der Waals surface area contributed by atoms with Crippen molar-refractivity contribution < 1.29 is 19.1 Å². The van der Waals surface area contributed by atoms with Gasteiger partial charge >= 0.3 is 0 Å². The summed E-state index contributed by atoms with van der Waals surface area (Å²) in [5, 5.41) is 0. The maximum Gasteiger partial charge on any atom is 0.187 e. The fraction of sp³-hybridized carbons (Fsp3) is 0.500. The molecule has 3 atom stereocenters. The lowest BCUT2D eigenvalue weighted by Gasteiger charge is -2.35. The third-order valence-corrected chi connectivity index (χ3v) is 6.94. The van der Waals surface area contributed by atoms with Crippen molar-refractivity contribution in [3.05, 3.63) is 52.6 Å². The highest BCUT2D eigenvalue weighted by molar-refractivity contribution is 6.27. The first-order valence-electron chi connectivity index (χ1n) is 10.7. The Morgan fingerprint density at radius 2 is 2.00 bits per heavy atom. The van der Waals surface area contributed by atoms with Crippen LogP contribution in [0.3, 0.4) is 0 Å². The molecular formula is C26H32O4. The lowest BCUT2D eigenvalue weighted by atomic mass is 9.67. The molecule has 1 aliphatic heterocycles. The lowest BCUT2D eigenvalue weighted by molar-refractivity contribution is -0.132. The third kappa shape index (κ3) is 3.92. The molecule has 0 saturated heterocycles. The highest BCUT2D eigenvalue weighted by Crippen LogP contribution is 2.45. The summed E-state index contributed by atoms with van der Waals surface area (Å²) >= 11 is 0. The maximum atomic E-state index is 13.4. The Bertz CT molecular complexity index is 934. The zero-order chi connectivity index (χ0) is 22.1. The number of Topliss-reactive ketones (excluding diaryl/α,β-unsaturated/α-hetero) is 2. The topological polar surface area (TPSA) is 60.4 Å². The Morgan fingerprint density at radius 3 is 2.67 bits per heavy atom. The largest absolute Gasteiger partial charge is 0.488 e. The van der Waals surface area contributed by atoms with E-state index in [2.05, 4.69) is 39.8 Å². The number of allylic oxidation sites excluding steroid dienone is 3. The van der Waals surface area contributed by atoms with Gasteiger partial charge in [-0.05, 0) is 68.6 Å². The Labute approximate surface area is 179 Å². The molecule has 4 heteroatoms. The van der Waals surface area contributed by atoms with Crippen molar-refractivity contribution in [1.82, 2.24) is 0 Å². The first kappa shape index (κ1) is 22.2. The van der Waals surface area contributed by atoms with Gasteiger partial charge in [0.1, 0.15) is 18.6 Å². The summed E-state index contributed by atoms with van der Waals surface area (Å²) in [4.78, 5) is 39.0. The van der Waals surface area contributed by atoms with E-state index in [4.69, 9.17) is 4.74 Å². The molecule has 30 heavy (non-hydrogen) atoms. The number of ether oxygens (including phenoxy) is 1. The van der Waals surface area contributed by atoms with Crippen LogP contribution in [0.2, 0.25) is 0 Å². The normalized spacial score (nSPS) is 30.8. The van der Waals surface area contributed by atoms with E-state index in [1.807, 2.05) is 19.1 Å². The molecule has 1 aromatic carbocycles. The molecule has 160 valence electrons. The van der Waals surface area contributed by atoms with Crippen molar-refractivity contribution >= 4 is 17.9 Å². The van der Waals surface area contributed by atoms with Crippen LogP contribution in [0.1, 0.15) is 69.8 Å². The Hall–Kier alpha value is -2.49. The van der Waals surface area contributed by atoms with Crippen LogP contribution in [0.5, 0.6) is 5.75 Å². The predicted molar refractivity (Wildman–Crippen MR) is 118 cm³/mol. The van der Waals surface area contributed by atoms with E-state index in [0.717, 1.165) is 24.0 Å². The molecule has 4 nitrogen and oxygen atoms in total. The summed E-state index contributed by atoms with van der Waals surface area (Å²) < 4.78 is 5.98. The highest BCUT2D eigenvalue weighted by atomic mass is 16.5. The van der Waals surface area contributed by atoms with E-state index in [9.17, 15) is 14.4 Å². The molecule has 2 aliphatic rings. The van der Waals surface area contributed by atoms with Crippen molar-refractivity contribution in [1.29, 1.82) is 0 Å². The summed E-state index contributed by atoms with van der Waals surface area (Å²) in [5.74, 6) is -0.215. The fourth-order valence-electron chi connectivity index (χ4n) is 4.38. The quantitative estimate of drug-likeness (QED) is 0.387. The summed E-state index contributed by atoms with van der Waals surface area (Å²) in [6.45, 7) is 10.8. The van der Waals surface area contributed by atoms with E-state index in [1.54, 1.807) is 6.07 Å². The number of ketones is 2. The molecule has 0 spiro atoms. The van der Waals surface area contributed by atoms with Gasteiger partial charge in [-0.3, -0.25) is 9.59 Å². The summed E-state index contributed by atoms with van der Waals surface area (Å²) in [5.41, 5.74) is 1.65. The number of hydrogen-bond donors (Lipinski definition) is 0. The van der Waals surface area contributed by atoms with Crippen molar-refractivity contribution in [2.24, 2.45) is 16.7 Å². The number of aldehydes is 1. The molecule has 0 fully saturated rings. The maximum absolute atomic E-state index is 13.4. The number of carbonyl (C=O) groups is 3. The van der Waals surface area contributed by atoms with E-state index < -0.39 is 11.2 Å². The second kappa shape index (κ2) is 8.33. The van der Waals surface area contributed by atoms with E-state index >= 15 is 0 Å². The Kier molecular flexibility index (Phi) is 6.16. The molecule has 1 heterocycles. The average molecular weight is 409 g/mol. The number of fused-ring (bicyclic) bond motifs is 1. The second-order valence-corrected chi connectivity index (χ2v) is 9.60. The molecule has 2 bridgehead atoms. The van der Waals surface area contributed by atoms with E-state index in [0.29, 0.717) is 24.2 Å². The number of hydrogen-bond acceptors (Lipinski definition) is 4. The lowest BCUT2D eigenvalue weighted by Crippen LogP contribution is -2.41. The summed E-state index contributed by atoms with van der Waals surface area (Å²) in [6, 6.07) is 5.38. The minimum Gasteiger partial charge on any atom is -0.488 e. The van der Waals surface area contributed by atoms with Gasteiger partial charge in [0.05, 0.1) is 5.56 Å². The molecule has 1 aliphatic carbocycles. The minimum atomic E-state index is -1.62. The minimum absolute atomic E-state index is 0.0131. The first-order valence-corrected chi connectivity index (χ1v) is 10.7. The Morgan fingerprint density at radius 1 is 1.27 bits per heavy atom. The molecule has 0 radical (unpaired) electrons. The summed E-state index contributed by atoms with van der Waals surface area (Å²) in [6.07, 6.45) is 6.93. The van der Waals surface area contributed by atoms with Crippen molar-refractivity contribution in [3.63, 3.8) is 0 Å². The molecular weight excluding hydrogens is 376 g/mol. The molecule has 2 unspecified atom stereocenters. The number of carbonyl (C=O) groups excluding carboxylic acids is 3. The van der Waals surface area contributed by atoms with Gasteiger partial charge in [-0.15, -0.1) is 0 Å². The third-order valence-electron chi connectivity index (χ3n) is 6.94. The number of rotatable bonds is 3. The van der Waals surface area contributed by atoms with Crippen molar-refractivity contribution in [2.75, 3.05) is 6.61 Å². The van der Waals surface area contributed by atoms with Crippen LogP contribution in [0.4, 0.5) is 0 Å². The van der Waals surface area contributed by atoms with E-state index in [-0.39, 0.29) is 30.0 Å². The van der Waals surface area contributed by atoms with Gasteiger partial charge in [0, 0.05) is 6.42 Å². The molecule has 1 aromatic rings. The van der Waals surface area contributed by atoms with Gasteiger partial charge in [-0.2, -0.15) is 0 Å². The zero-order valence-corrected chi connectivity index (χ0v) is 18.7. The van der Waals surface area contributed by atoms with Crippen molar-refractivity contribution in [2.45, 2.75) is 60.3 Å². The second-order valence-electron chi connectivity index (χ2n) is 9.60. The molecule has 3 rings (SSSR count). The van der Waals surface area contributed by atoms with Gasteiger partial charge in [0.25, 0.3) is 0 Å². The van der Waals surface area contributed by atoms with Crippen molar-refractivity contribution in [3.8, 4) is 5.75 Å². The van der Waals surface area contributed by atoms with Gasteiger partial charge in [-0.1, -0.05) is 43.7 Å². The highest BCUT2D eigenvalue weighted by Gasteiger charge is 2.53. The van der Waals surface area contributed by atoms with Gasteiger partial charge in [0.15, 0.2) is 17.0 Å². The molecule has 0 aromatic heterocycles. The predicted octanol–water partition coefficient (Wildman–Crippen LogP) is 5.30. The summed E-state index contributed by atoms with van der Waals surface area (Å²) in [7, 11) is 0. The molecule has 0 amide bonds. The smallest absolute Gasteiger partial charge is 0.187 e. The van der Waals surface area contributed by atoms with Crippen LogP contribution < -0.4 is 4.74 Å². The van der Waals surface area contributed by atoms with Crippen LogP contribution in [0.15, 0.2) is 41.5 Å². The van der Waals surface area contributed by atoms with E-state index in [1.165, 1.54) is 5.57 Å². The number of benzene rings is 1. The molecule has 0 saturated carbocycles. The van der Waals surface area contributed by atoms with Crippen LogP contribution in [0, 0.1) is 16.7 Å². The average Bonchev–Trinajstić information content (AvgIpc) is 3.02. The fourth-order valence-corrected chi connectivity index (χ4v) is 4.38. The van der Waals surface area contributed by atoms with Crippen LogP contribution in [0.25, 0.3) is 0 Å². The van der Waals surface area contributed by atoms with Gasteiger partial charge in [0.2, 0.25) is 0 Å². The van der Waals surface area contributed by atoms with Gasteiger partial charge in [-0.25, -0.2) is 0 Å². The standard InChI is InChI=1S/C26H32O4/c1-17(2)9-11-25(5)12-10-18(3)15-30-21-8-6-7-20-14-26(16-27,24(29)23(20)21)22(28)13-19(25)4/h6-10,16,19H,11-15H2,1-5H3/b18-10+/t19?,25?,26-/m0/s1. The zero-order valence-electron chi connectivity index (χ0n) is 18.7. The van der Waals surface area contributed by atoms with Gasteiger partial charge < -0.3 is 9.53 Å². The van der Waals surface area contributed by atoms with Crippen LogP contribution >= 0.6 is 0 Å². The Balaban J connectivity index is 2.08. The molecule has 0 N–H and O–H groups in total.